The van der Waals surface area contributed by atoms with Crippen LogP contribution in [0.25, 0.3) is 0 Å². The Morgan fingerprint density at radius 3 is 2.43 bits per heavy atom. The Hall–Kier alpha value is -1.97. The van der Waals surface area contributed by atoms with Gasteiger partial charge in [0.1, 0.15) is 0 Å². The highest BCUT2D eigenvalue weighted by atomic mass is 15.3. The van der Waals surface area contributed by atoms with Gasteiger partial charge in [0.2, 0.25) is 0 Å². The second-order valence-corrected chi connectivity index (χ2v) is 3.15. The van der Waals surface area contributed by atoms with Gasteiger partial charge in [-0.25, -0.2) is 0 Å². The summed E-state index contributed by atoms with van der Waals surface area (Å²) in [6, 6.07) is 10.0. The van der Waals surface area contributed by atoms with Crippen molar-refractivity contribution >= 4 is 11.5 Å². The van der Waals surface area contributed by atoms with E-state index < -0.39 is 0 Å². The van der Waals surface area contributed by atoms with Gasteiger partial charge in [-0.2, -0.15) is 5.10 Å². The number of anilines is 2. The maximum absolute atomic E-state index is 5.59. The standard InChI is InChI=1S/C10H12N4/c11-9-7-14(13-10(9)12)6-8-4-2-1-3-5-8/h1-5,7H,6,11H2,(H2,12,13). The van der Waals surface area contributed by atoms with Crippen LogP contribution in [0.15, 0.2) is 36.5 Å². The van der Waals surface area contributed by atoms with Crippen LogP contribution in [0.4, 0.5) is 11.5 Å². The van der Waals surface area contributed by atoms with Crippen molar-refractivity contribution in [3.8, 4) is 0 Å². The highest BCUT2D eigenvalue weighted by Gasteiger charge is 2.01. The Morgan fingerprint density at radius 2 is 1.86 bits per heavy atom. The molecule has 0 radical (unpaired) electrons. The van der Waals surface area contributed by atoms with Crippen molar-refractivity contribution in [3.05, 3.63) is 42.1 Å². The van der Waals surface area contributed by atoms with E-state index in [4.69, 9.17) is 11.5 Å². The molecule has 0 aliphatic heterocycles. The summed E-state index contributed by atoms with van der Waals surface area (Å²) in [5, 5.41) is 4.07. The predicted octanol–water partition coefficient (Wildman–Crippen LogP) is 1.10. The molecule has 2 rings (SSSR count). The summed E-state index contributed by atoms with van der Waals surface area (Å²) in [7, 11) is 0. The van der Waals surface area contributed by atoms with Crippen LogP contribution in [0, 0.1) is 0 Å². The van der Waals surface area contributed by atoms with Crippen LogP contribution >= 0.6 is 0 Å². The van der Waals surface area contributed by atoms with E-state index in [1.165, 1.54) is 5.56 Å². The van der Waals surface area contributed by atoms with Crippen LogP contribution in [0.2, 0.25) is 0 Å². The van der Waals surface area contributed by atoms with Crippen LogP contribution in [0.1, 0.15) is 5.56 Å². The van der Waals surface area contributed by atoms with E-state index in [1.807, 2.05) is 30.3 Å². The fourth-order valence-electron chi connectivity index (χ4n) is 1.30. The van der Waals surface area contributed by atoms with Crippen molar-refractivity contribution in [2.45, 2.75) is 6.54 Å². The lowest BCUT2D eigenvalue weighted by molar-refractivity contribution is 0.690. The average molecular weight is 188 g/mol. The fraction of sp³-hybridized carbons (Fsp3) is 0.100. The third-order valence-corrected chi connectivity index (χ3v) is 2.01. The lowest BCUT2D eigenvalue weighted by Gasteiger charge is -2.00. The summed E-state index contributed by atoms with van der Waals surface area (Å²) in [6.45, 7) is 0.697. The molecule has 4 heteroatoms. The first-order chi connectivity index (χ1) is 6.75. The Balaban J connectivity index is 2.19. The number of hydrogen-bond donors (Lipinski definition) is 2. The van der Waals surface area contributed by atoms with Crippen LogP contribution in [-0.4, -0.2) is 9.78 Å². The van der Waals surface area contributed by atoms with Gasteiger partial charge < -0.3 is 11.5 Å². The van der Waals surface area contributed by atoms with Gasteiger partial charge >= 0.3 is 0 Å². The lowest BCUT2D eigenvalue weighted by atomic mass is 10.2. The molecule has 0 unspecified atom stereocenters. The van der Waals surface area contributed by atoms with Crippen LogP contribution in [-0.2, 0) is 6.54 Å². The fourth-order valence-corrected chi connectivity index (χ4v) is 1.30. The minimum absolute atomic E-state index is 0.390. The summed E-state index contributed by atoms with van der Waals surface area (Å²) >= 11 is 0. The second kappa shape index (κ2) is 3.41. The van der Waals surface area contributed by atoms with Gasteiger partial charge in [-0.05, 0) is 5.56 Å². The third kappa shape index (κ3) is 1.69. The molecule has 0 atom stereocenters. The highest BCUT2D eigenvalue weighted by molar-refractivity contribution is 5.56. The molecular formula is C10H12N4. The maximum Gasteiger partial charge on any atom is 0.168 e. The average Bonchev–Trinajstić information content (AvgIpc) is 2.47. The predicted molar refractivity (Wildman–Crippen MR) is 56.6 cm³/mol. The largest absolute Gasteiger partial charge is 0.394 e. The van der Waals surface area contributed by atoms with E-state index >= 15 is 0 Å². The molecule has 4 nitrogen and oxygen atoms in total. The maximum atomic E-state index is 5.59. The molecule has 0 aliphatic rings. The summed E-state index contributed by atoms with van der Waals surface area (Å²) < 4.78 is 1.74. The van der Waals surface area contributed by atoms with E-state index in [0.717, 1.165) is 0 Å². The first-order valence-electron chi connectivity index (χ1n) is 4.38. The Labute approximate surface area is 82.1 Å². The zero-order valence-corrected chi connectivity index (χ0v) is 7.72. The summed E-state index contributed by atoms with van der Waals surface area (Å²) in [4.78, 5) is 0. The normalized spacial score (nSPS) is 10.3. The molecule has 72 valence electrons. The topological polar surface area (TPSA) is 69.9 Å². The van der Waals surface area contributed by atoms with E-state index in [0.29, 0.717) is 18.1 Å². The Morgan fingerprint density at radius 1 is 1.14 bits per heavy atom. The second-order valence-electron chi connectivity index (χ2n) is 3.15. The number of hydrogen-bond acceptors (Lipinski definition) is 3. The van der Waals surface area contributed by atoms with Gasteiger partial charge in [-0.15, -0.1) is 0 Å². The van der Waals surface area contributed by atoms with E-state index in [1.54, 1.807) is 10.9 Å². The van der Waals surface area contributed by atoms with Crippen molar-refractivity contribution < 1.29 is 0 Å². The number of benzene rings is 1. The highest BCUT2D eigenvalue weighted by Crippen LogP contribution is 2.11. The van der Waals surface area contributed by atoms with Crippen LogP contribution < -0.4 is 11.5 Å². The van der Waals surface area contributed by atoms with Crippen molar-refractivity contribution in [1.82, 2.24) is 9.78 Å². The van der Waals surface area contributed by atoms with Gasteiger partial charge in [0.05, 0.1) is 18.4 Å². The van der Waals surface area contributed by atoms with Gasteiger partial charge in [-0.3, -0.25) is 4.68 Å². The molecule has 1 heterocycles. The molecular weight excluding hydrogens is 176 g/mol. The SMILES string of the molecule is Nc1cn(Cc2ccccc2)nc1N. The summed E-state index contributed by atoms with van der Waals surface area (Å²) in [6.07, 6.45) is 1.74. The molecule has 0 aliphatic carbocycles. The van der Waals surface area contributed by atoms with E-state index in [2.05, 4.69) is 5.10 Å². The van der Waals surface area contributed by atoms with Crippen molar-refractivity contribution in [1.29, 1.82) is 0 Å². The van der Waals surface area contributed by atoms with Crippen molar-refractivity contribution in [2.75, 3.05) is 11.5 Å². The van der Waals surface area contributed by atoms with Gasteiger partial charge in [0.15, 0.2) is 5.82 Å². The number of aromatic nitrogens is 2. The zero-order valence-electron chi connectivity index (χ0n) is 7.72. The number of nitrogens with zero attached hydrogens (tertiary/aromatic N) is 2. The smallest absolute Gasteiger partial charge is 0.168 e. The van der Waals surface area contributed by atoms with Crippen LogP contribution in [0.5, 0.6) is 0 Å². The summed E-state index contributed by atoms with van der Waals surface area (Å²) in [5.74, 6) is 0.390. The van der Waals surface area contributed by atoms with Crippen molar-refractivity contribution in [2.24, 2.45) is 0 Å². The Kier molecular flexibility index (Phi) is 2.10. The molecule has 0 amide bonds. The molecule has 0 fully saturated rings. The third-order valence-electron chi connectivity index (χ3n) is 2.01. The molecule has 1 aromatic carbocycles. The first kappa shape index (κ1) is 8.62. The molecule has 0 saturated carbocycles. The molecule has 14 heavy (non-hydrogen) atoms. The summed E-state index contributed by atoms with van der Waals surface area (Å²) in [5.41, 5.74) is 12.8. The van der Waals surface area contributed by atoms with Gasteiger partial charge in [-0.1, -0.05) is 30.3 Å². The first-order valence-corrected chi connectivity index (χ1v) is 4.38. The van der Waals surface area contributed by atoms with Gasteiger partial charge in [0.25, 0.3) is 0 Å². The van der Waals surface area contributed by atoms with Gasteiger partial charge in [0, 0.05) is 0 Å². The quantitative estimate of drug-likeness (QED) is 0.741. The number of nitrogen functional groups attached to an aromatic ring is 2. The molecule has 0 bridgehead atoms. The molecule has 0 saturated heterocycles. The monoisotopic (exact) mass is 188 g/mol. The number of rotatable bonds is 2. The Bertz CT molecular complexity index is 399. The molecule has 4 N–H and O–H groups in total. The lowest BCUT2D eigenvalue weighted by Crippen LogP contribution is -2.00. The van der Waals surface area contributed by atoms with Crippen molar-refractivity contribution in [3.63, 3.8) is 0 Å². The van der Waals surface area contributed by atoms with E-state index in [9.17, 15) is 0 Å². The van der Waals surface area contributed by atoms with Crippen LogP contribution in [0.3, 0.4) is 0 Å². The minimum atomic E-state index is 0.390. The van der Waals surface area contributed by atoms with E-state index in [-0.39, 0.29) is 0 Å². The minimum Gasteiger partial charge on any atom is -0.394 e. The number of nitrogens with two attached hydrogens (primary N) is 2. The molecule has 2 aromatic rings. The zero-order chi connectivity index (χ0) is 9.97. The molecule has 1 aromatic heterocycles. The molecule has 0 spiro atoms.